The Hall–Kier alpha value is -0.200. The summed E-state index contributed by atoms with van der Waals surface area (Å²) in [6.45, 7) is 10.4. The fraction of sp³-hybridized carbons (Fsp3) is 1.00. The summed E-state index contributed by atoms with van der Waals surface area (Å²) in [4.78, 5) is 5.01. The van der Waals surface area contributed by atoms with Crippen LogP contribution in [-0.4, -0.2) is 81.4 Å². The van der Waals surface area contributed by atoms with Crippen molar-refractivity contribution in [3.8, 4) is 0 Å². The van der Waals surface area contributed by atoms with Gasteiger partial charge >= 0.3 is 0 Å². The zero-order valence-electron chi connectivity index (χ0n) is 10.0. The van der Waals surface area contributed by atoms with Crippen molar-refractivity contribution in [1.82, 2.24) is 15.1 Å². The van der Waals surface area contributed by atoms with E-state index in [1.165, 1.54) is 6.54 Å². The molecular formula is C11H24N4O. The van der Waals surface area contributed by atoms with Gasteiger partial charge in [-0.05, 0) is 0 Å². The average molecular weight is 228 g/mol. The number of ether oxygens (including phenoxy) is 1. The molecular weight excluding hydrogens is 204 g/mol. The lowest BCUT2D eigenvalue weighted by molar-refractivity contribution is 0.0319. The summed E-state index contributed by atoms with van der Waals surface area (Å²) >= 11 is 0. The highest BCUT2D eigenvalue weighted by atomic mass is 16.5. The molecule has 0 bridgehead atoms. The van der Waals surface area contributed by atoms with Crippen LogP contribution < -0.4 is 11.1 Å². The molecule has 16 heavy (non-hydrogen) atoms. The molecule has 5 nitrogen and oxygen atoms in total. The molecule has 0 aromatic heterocycles. The normalized spacial score (nSPS) is 29.4. The van der Waals surface area contributed by atoms with Gasteiger partial charge in [0.05, 0.1) is 13.2 Å². The number of rotatable bonds is 4. The van der Waals surface area contributed by atoms with Gasteiger partial charge in [-0.1, -0.05) is 0 Å². The Labute approximate surface area is 97.9 Å². The van der Waals surface area contributed by atoms with Crippen LogP contribution in [0.5, 0.6) is 0 Å². The van der Waals surface area contributed by atoms with E-state index in [1.807, 2.05) is 0 Å². The van der Waals surface area contributed by atoms with Crippen molar-refractivity contribution >= 4 is 0 Å². The van der Waals surface area contributed by atoms with E-state index in [2.05, 4.69) is 15.1 Å². The predicted octanol–water partition coefficient (Wildman–Crippen LogP) is -1.45. The maximum atomic E-state index is 5.69. The lowest BCUT2D eigenvalue weighted by Gasteiger charge is -2.35. The fourth-order valence-corrected chi connectivity index (χ4v) is 2.36. The molecule has 2 aliphatic rings. The van der Waals surface area contributed by atoms with Crippen LogP contribution in [0.15, 0.2) is 0 Å². The molecule has 5 heteroatoms. The molecule has 2 aliphatic heterocycles. The lowest BCUT2D eigenvalue weighted by atomic mass is 10.2. The van der Waals surface area contributed by atoms with E-state index in [9.17, 15) is 0 Å². The van der Waals surface area contributed by atoms with Crippen molar-refractivity contribution in [3.63, 3.8) is 0 Å². The van der Waals surface area contributed by atoms with E-state index < -0.39 is 0 Å². The Kier molecular flexibility index (Phi) is 4.99. The van der Waals surface area contributed by atoms with Crippen molar-refractivity contribution < 1.29 is 4.74 Å². The van der Waals surface area contributed by atoms with E-state index in [4.69, 9.17) is 10.5 Å². The van der Waals surface area contributed by atoms with Crippen LogP contribution in [0.3, 0.4) is 0 Å². The molecule has 0 aromatic rings. The molecule has 2 saturated heterocycles. The summed E-state index contributed by atoms with van der Waals surface area (Å²) < 4.78 is 5.34. The number of nitrogens with two attached hydrogens (primary N) is 1. The second-order valence-electron chi connectivity index (χ2n) is 4.64. The topological polar surface area (TPSA) is 53.8 Å². The van der Waals surface area contributed by atoms with Crippen molar-refractivity contribution in [2.45, 2.75) is 6.04 Å². The Morgan fingerprint density at radius 1 is 1.12 bits per heavy atom. The van der Waals surface area contributed by atoms with Gasteiger partial charge in [-0.3, -0.25) is 9.80 Å². The second-order valence-corrected chi connectivity index (χ2v) is 4.64. The summed E-state index contributed by atoms with van der Waals surface area (Å²) in [7, 11) is 0. The highest BCUT2D eigenvalue weighted by Crippen LogP contribution is 2.01. The first-order chi connectivity index (χ1) is 7.88. The first-order valence-electron chi connectivity index (χ1n) is 6.34. The van der Waals surface area contributed by atoms with E-state index in [-0.39, 0.29) is 0 Å². The van der Waals surface area contributed by atoms with Gasteiger partial charge in [0.1, 0.15) is 0 Å². The minimum atomic E-state index is 0.485. The number of nitrogens with zero attached hydrogens (tertiary/aromatic N) is 2. The maximum absolute atomic E-state index is 5.69. The zero-order chi connectivity index (χ0) is 11.2. The summed E-state index contributed by atoms with van der Waals surface area (Å²) in [5.41, 5.74) is 5.69. The van der Waals surface area contributed by atoms with E-state index in [0.29, 0.717) is 6.04 Å². The van der Waals surface area contributed by atoms with Gasteiger partial charge in [0, 0.05) is 58.4 Å². The summed E-state index contributed by atoms with van der Waals surface area (Å²) in [6, 6.07) is 0.485. The van der Waals surface area contributed by atoms with Crippen LogP contribution in [-0.2, 0) is 4.74 Å². The van der Waals surface area contributed by atoms with E-state index in [1.54, 1.807) is 0 Å². The van der Waals surface area contributed by atoms with Crippen molar-refractivity contribution in [3.05, 3.63) is 0 Å². The van der Waals surface area contributed by atoms with Crippen LogP contribution in [0.2, 0.25) is 0 Å². The van der Waals surface area contributed by atoms with Crippen LogP contribution in [0, 0.1) is 0 Å². The Balaban J connectivity index is 1.64. The molecule has 0 aliphatic carbocycles. The van der Waals surface area contributed by atoms with Gasteiger partial charge in [0.25, 0.3) is 0 Å². The first kappa shape index (κ1) is 12.3. The Morgan fingerprint density at radius 2 is 1.88 bits per heavy atom. The Morgan fingerprint density at radius 3 is 2.62 bits per heavy atom. The fourth-order valence-electron chi connectivity index (χ4n) is 2.36. The molecule has 2 heterocycles. The molecule has 3 N–H and O–H groups in total. The minimum absolute atomic E-state index is 0.485. The third-order valence-corrected chi connectivity index (χ3v) is 3.46. The van der Waals surface area contributed by atoms with Crippen LogP contribution in [0.1, 0.15) is 0 Å². The second kappa shape index (κ2) is 6.51. The number of piperazine rings is 1. The molecule has 2 fully saturated rings. The maximum Gasteiger partial charge on any atom is 0.0594 e. The molecule has 0 radical (unpaired) electrons. The monoisotopic (exact) mass is 228 g/mol. The molecule has 1 unspecified atom stereocenters. The molecule has 2 rings (SSSR count). The van der Waals surface area contributed by atoms with E-state index >= 15 is 0 Å². The smallest absolute Gasteiger partial charge is 0.0594 e. The van der Waals surface area contributed by atoms with Gasteiger partial charge in [-0.15, -0.1) is 0 Å². The molecule has 0 saturated carbocycles. The van der Waals surface area contributed by atoms with Crippen molar-refractivity contribution in [2.24, 2.45) is 5.73 Å². The van der Waals surface area contributed by atoms with Crippen molar-refractivity contribution in [1.29, 1.82) is 0 Å². The summed E-state index contributed by atoms with van der Waals surface area (Å²) in [5.74, 6) is 0. The number of nitrogens with one attached hydrogen (secondary N) is 1. The van der Waals surface area contributed by atoms with Crippen LogP contribution >= 0.6 is 0 Å². The molecule has 0 amide bonds. The zero-order valence-corrected chi connectivity index (χ0v) is 10.0. The number of hydrogen-bond acceptors (Lipinski definition) is 5. The predicted molar refractivity (Wildman–Crippen MR) is 64.5 cm³/mol. The first-order valence-corrected chi connectivity index (χ1v) is 6.34. The molecule has 0 aromatic carbocycles. The van der Waals surface area contributed by atoms with Gasteiger partial charge in [0.15, 0.2) is 0 Å². The van der Waals surface area contributed by atoms with Crippen LogP contribution in [0.4, 0.5) is 0 Å². The standard InChI is InChI=1S/C11H24N4O/c12-9-11-10-15(2-1-13-11)4-3-14-5-7-16-8-6-14/h11,13H,1-10,12H2. The third-order valence-electron chi connectivity index (χ3n) is 3.46. The SMILES string of the molecule is NCC1CN(CCN2CCOCC2)CCN1. The molecule has 1 atom stereocenters. The van der Waals surface area contributed by atoms with Gasteiger partial charge in [-0.25, -0.2) is 0 Å². The van der Waals surface area contributed by atoms with Crippen molar-refractivity contribution in [2.75, 3.05) is 65.6 Å². The van der Waals surface area contributed by atoms with E-state index in [0.717, 1.165) is 59.0 Å². The summed E-state index contributed by atoms with van der Waals surface area (Å²) in [5, 5.41) is 3.44. The van der Waals surface area contributed by atoms with Crippen LogP contribution in [0.25, 0.3) is 0 Å². The average Bonchev–Trinajstić information content (AvgIpc) is 2.38. The lowest BCUT2D eigenvalue weighted by Crippen LogP contribution is -2.55. The molecule has 94 valence electrons. The highest BCUT2D eigenvalue weighted by Gasteiger charge is 2.18. The largest absolute Gasteiger partial charge is 0.379 e. The minimum Gasteiger partial charge on any atom is -0.379 e. The van der Waals surface area contributed by atoms with Gasteiger partial charge in [-0.2, -0.15) is 0 Å². The Bertz CT molecular complexity index is 196. The third kappa shape index (κ3) is 3.68. The number of morpholine rings is 1. The molecule has 0 spiro atoms. The summed E-state index contributed by atoms with van der Waals surface area (Å²) in [6.07, 6.45) is 0. The van der Waals surface area contributed by atoms with Gasteiger partial charge in [0.2, 0.25) is 0 Å². The quantitative estimate of drug-likeness (QED) is 0.617. The van der Waals surface area contributed by atoms with Gasteiger partial charge < -0.3 is 15.8 Å². The number of hydrogen-bond donors (Lipinski definition) is 2. The highest BCUT2D eigenvalue weighted by molar-refractivity contribution is 4.79.